The van der Waals surface area contributed by atoms with Gasteiger partial charge in [-0.15, -0.1) is 0 Å². The van der Waals surface area contributed by atoms with Gasteiger partial charge < -0.3 is 14.8 Å². The predicted octanol–water partition coefficient (Wildman–Crippen LogP) is 3.27. The third-order valence-corrected chi connectivity index (χ3v) is 6.12. The van der Waals surface area contributed by atoms with Gasteiger partial charge in [0.15, 0.2) is 0 Å². The molecule has 4 aliphatic rings. The van der Waals surface area contributed by atoms with Crippen molar-refractivity contribution in [3.63, 3.8) is 0 Å². The minimum atomic E-state index is -0.459. The highest BCUT2D eigenvalue weighted by Gasteiger charge is 2.39. The molecule has 1 amide bonds. The van der Waals surface area contributed by atoms with Crippen molar-refractivity contribution < 1.29 is 14.3 Å². The molecule has 1 aromatic rings. The van der Waals surface area contributed by atoms with E-state index in [1.54, 1.807) is 0 Å². The molecule has 6 heteroatoms. The Labute approximate surface area is 150 Å². The van der Waals surface area contributed by atoms with Crippen molar-refractivity contribution in [1.82, 2.24) is 10.2 Å². The van der Waals surface area contributed by atoms with Crippen molar-refractivity contribution in [2.24, 2.45) is 5.92 Å². The average molecular weight is 395 g/mol. The molecule has 1 aromatic carbocycles. The smallest absolute Gasteiger partial charge is 0.408 e. The van der Waals surface area contributed by atoms with Crippen LogP contribution in [-0.2, 0) is 10.3 Å². The van der Waals surface area contributed by atoms with Gasteiger partial charge in [0.05, 0.1) is 12.1 Å². The van der Waals surface area contributed by atoms with Gasteiger partial charge in [-0.2, -0.15) is 0 Å². The number of ether oxygens (including phenoxy) is 2. The normalized spacial score (nSPS) is 34.2. The molecular formula is C18H23BrN2O3. The Kier molecular flexibility index (Phi) is 4.21. The first-order valence-electron chi connectivity index (χ1n) is 8.67. The Hall–Kier alpha value is -1.27. The predicted molar refractivity (Wildman–Crippen MR) is 94.2 cm³/mol. The van der Waals surface area contributed by atoms with Crippen molar-refractivity contribution in [3.05, 3.63) is 28.2 Å². The summed E-state index contributed by atoms with van der Waals surface area (Å²) in [5.74, 6) is 1.34. The summed E-state index contributed by atoms with van der Waals surface area (Å²) in [4.78, 5) is 14.9. The Morgan fingerprint density at radius 3 is 2.92 bits per heavy atom. The van der Waals surface area contributed by atoms with E-state index in [9.17, 15) is 4.79 Å². The molecule has 3 fully saturated rings. The van der Waals surface area contributed by atoms with Crippen LogP contribution in [0, 0.1) is 5.92 Å². The molecule has 4 heterocycles. The van der Waals surface area contributed by atoms with Gasteiger partial charge >= 0.3 is 6.09 Å². The van der Waals surface area contributed by atoms with E-state index < -0.39 is 5.54 Å². The molecule has 5 nitrogen and oxygen atoms in total. The number of rotatable bonds is 2. The number of alkyl carbamates (subject to hydrolysis) is 1. The zero-order valence-corrected chi connectivity index (χ0v) is 15.5. The van der Waals surface area contributed by atoms with Crippen LogP contribution in [0.1, 0.15) is 31.7 Å². The molecule has 2 bridgehead atoms. The molecule has 2 atom stereocenters. The van der Waals surface area contributed by atoms with Crippen LogP contribution in [0.15, 0.2) is 22.7 Å². The first-order valence-corrected chi connectivity index (χ1v) is 9.47. The maximum absolute atomic E-state index is 12.5. The highest BCUT2D eigenvalue weighted by atomic mass is 79.9. The largest absolute Gasteiger partial charge is 0.493 e. The van der Waals surface area contributed by atoms with Crippen LogP contribution < -0.4 is 10.1 Å². The lowest BCUT2D eigenvalue weighted by atomic mass is 9.85. The monoisotopic (exact) mass is 394 g/mol. The van der Waals surface area contributed by atoms with Gasteiger partial charge in [0, 0.05) is 23.0 Å². The lowest BCUT2D eigenvalue weighted by Gasteiger charge is -2.44. The maximum Gasteiger partial charge on any atom is 0.408 e. The van der Waals surface area contributed by atoms with Gasteiger partial charge in [-0.1, -0.05) is 22.0 Å². The second-order valence-electron chi connectivity index (χ2n) is 7.28. The zero-order valence-electron chi connectivity index (χ0n) is 13.9. The van der Waals surface area contributed by atoms with Crippen molar-refractivity contribution in [2.75, 3.05) is 26.2 Å². The Bertz CT molecular complexity index is 645. The number of hydrogen-bond donors (Lipinski definition) is 1. The Morgan fingerprint density at radius 2 is 2.21 bits per heavy atom. The quantitative estimate of drug-likeness (QED) is 0.835. The highest BCUT2D eigenvalue weighted by Crippen LogP contribution is 2.38. The van der Waals surface area contributed by atoms with E-state index in [0.29, 0.717) is 12.5 Å². The van der Waals surface area contributed by atoms with E-state index in [0.717, 1.165) is 54.7 Å². The van der Waals surface area contributed by atoms with Gasteiger partial charge in [-0.25, -0.2) is 4.79 Å². The number of piperidine rings is 3. The molecule has 0 spiro atoms. The number of nitrogens with one attached hydrogen (secondary N) is 1. The summed E-state index contributed by atoms with van der Waals surface area (Å²) in [6.07, 6.45) is 2.73. The third kappa shape index (κ3) is 3.02. The molecule has 0 saturated carbocycles. The minimum absolute atomic E-state index is 0.0281. The van der Waals surface area contributed by atoms with Crippen LogP contribution in [0.3, 0.4) is 0 Å². The lowest BCUT2D eigenvalue weighted by molar-refractivity contribution is -0.0358. The van der Waals surface area contributed by atoms with Crippen LogP contribution in [-0.4, -0.2) is 43.3 Å². The fraction of sp³-hybridized carbons (Fsp3) is 0.611. The van der Waals surface area contributed by atoms with E-state index in [-0.39, 0.29) is 12.2 Å². The first-order chi connectivity index (χ1) is 11.5. The fourth-order valence-corrected chi connectivity index (χ4v) is 4.48. The molecular weight excluding hydrogens is 372 g/mol. The fourth-order valence-electron chi connectivity index (χ4n) is 4.14. The standard InChI is InChI=1S/C18H23BrN2O3/c1-18(6-9-23-15-10-13(19)2-3-14(15)18)20-17(22)24-16-11-21-7-4-12(16)5-8-21/h2-3,10,12,16H,4-9,11H2,1H3,(H,20,22)/t16-,18?/m0/s1. The van der Waals surface area contributed by atoms with Crippen LogP contribution in [0.4, 0.5) is 4.79 Å². The van der Waals surface area contributed by atoms with Crippen molar-refractivity contribution in [1.29, 1.82) is 0 Å². The lowest BCUT2D eigenvalue weighted by Crippen LogP contribution is -2.54. The molecule has 0 aromatic heterocycles. The molecule has 1 unspecified atom stereocenters. The number of halogens is 1. The summed E-state index contributed by atoms with van der Waals surface area (Å²) >= 11 is 3.47. The van der Waals surface area contributed by atoms with Crippen LogP contribution in [0.2, 0.25) is 0 Å². The van der Waals surface area contributed by atoms with Gasteiger partial charge in [0.25, 0.3) is 0 Å². The van der Waals surface area contributed by atoms with Gasteiger partial charge in [-0.05, 0) is 50.9 Å². The number of hydrogen-bond acceptors (Lipinski definition) is 4. The number of fused-ring (bicyclic) bond motifs is 4. The van der Waals surface area contributed by atoms with E-state index in [4.69, 9.17) is 9.47 Å². The average Bonchev–Trinajstić information content (AvgIpc) is 2.55. The van der Waals surface area contributed by atoms with Crippen molar-refractivity contribution in [3.8, 4) is 5.75 Å². The van der Waals surface area contributed by atoms with E-state index >= 15 is 0 Å². The number of carbonyl (C=O) groups is 1. The molecule has 5 rings (SSSR count). The molecule has 24 heavy (non-hydrogen) atoms. The van der Waals surface area contributed by atoms with Gasteiger partial charge in [0.2, 0.25) is 0 Å². The third-order valence-electron chi connectivity index (χ3n) is 5.63. The van der Waals surface area contributed by atoms with Crippen LogP contribution in [0.5, 0.6) is 5.75 Å². The second kappa shape index (κ2) is 6.23. The summed E-state index contributed by atoms with van der Waals surface area (Å²) in [5.41, 5.74) is 0.544. The SMILES string of the molecule is CC1(NC(=O)O[C@H]2CN3CCC2CC3)CCOc2cc(Br)ccc21. The molecule has 0 radical (unpaired) electrons. The van der Waals surface area contributed by atoms with E-state index in [1.807, 2.05) is 25.1 Å². The number of carbonyl (C=O) groups excluding carboxylic acids is 1. The molecule has 130 valence electrons. The second-order valence-corrected chi connectivity index (χ2v) is 8.19. The highest BCUT2D eigenvalue weighted by molar-refractivity contribution is 9.10. The first kappa shape index (κ1) is 16.2. The summed E-state index contributed by atoms with van der Waals surface area (Å²) in [6.45, 7) is 5.79. The number of amides is 1. The van der Waals surface area contributed by atoms with Crippen molar-refractivity contribution >= 4 is 22.0 Å². The Morgan fingerprint density at radius 1 is 1.42 bits per heavy atom. The van der Waals surface area contributed by atoms with E-state index in [1.165, 1.54) is 0 Å². The van der Waals surface area contributed by atoms with Gasteiger partial charge in [0.1, 0.15) is 11.9 Å². The summed E-state index contributed by atoms with van der Waals surface area (Å²) in [5, 5.41) is 3.10. The summed E-state index contributed by atoms with van der Waals surface area (Å²) in [6, 6.07) is 5.94. The van der Waals surface area contributed by atoms with Gasteiger partial charge in [-0.3, -0.25) is 4.90 Å². The summed E-state index contributed by atoms with van der Waals surface area (Å²) in [7, 11) is 0. The number of nitrogens with zero attached hydrogens (tertiary/aromatic N) is 1. The molecule has 1 N–H and O–H groups in total. The number of benzene rings is 1. The maximum atomic E-state index is 12.5. The van der Waals surface area contributed by atoms with Crippen molar-refractivity contribution in [2.45, 2.75) is 37.8 Å². The molecule has 0 aliphatic carbocycles. The topological polar surface area (TPSA) is 50.8 Å². The summed E-state index contributed by atoms with van der Waals surface area (Å²) < 4.78 is 12.5. The molecule has 3 saturated heterocycles. The van der Waals surface area contributed by atoms with Crippen LogP contribution in [0.25, 0.3) is 0 Å². The zero-order chi connectivity index (χ0) is 16.7. The molecule has 4 aliphatic heterocycles. The van der Waals surface area contributed by atoms with Crippen LogP contribution >= 0.6 is 15.9 Å². The minimum Gasteiger partial charge on any atom is -0.493 e. The van der Waals surface area contributed by atoms with E-state index in [2.05, 4.69) is 26.1 Å². The Balaban J connectivity index is 1.46.